The van der Waals surface area contributed by atoms with E-state index in [4.69, 9.17) is 0 Å². The van der Waals surface area contributed by atoms with E-state index >= 15 is 0 Å². The number of halogens is 1. The van der Waals surface area contributed by atoms with Crippen molar-refractivity contribution in [2.45, 2.75) is 65.6 Å². The van der Waals surface area contributed by atoms with Gasteiger partial charge in [-0.1, -0.05) is 38.1 Å². The molecule has 6 heteroatoms. The minimum atomic E-state index is 0. The second-order valence-corrected chi connectivity index (χ2v) is 7.64. The van der Waals surface area contributed by atoms with Crippen LogP contribution in [-0.4, -0.2) is 36.4 Å². The Hall–Kier alpha value is -1.31. The van der Waals surface area contributed by atoms with Gasteiger partial charge in [0.15, 0.2) is 5.96 Å². The highest BCUT2D eigenvalue weighted by atomic mass is 127. The third-order valence-electron chi connectivity index (χ3n) is 4.84. The smallest absolute Gasteiger partial charge is 0.223 e. The third kappa shape index (κ3) is 8.07. The molecule has 1 unspecified atom stereocenters. The molecule has 1 aliphatic heterocycles. The SMILES string of the molecule is CN=C(NCCCC(=O)N1Cc2ccccc2C1)NC(C)CCC(C)C.I. The summed E-state index contributed by atoms with van der Waals surface area (Å²) in [5.41, 5.74) is 2.55. The Morgan fingerprint density at radius 1 is 1.15 bits per heavy atom. The maximum atomic E-state index is 12.4. The second-order valence-electron chi connectivity index (χ2n) is 7.64. The topological polar surface area (TPSA) is 56.7 Å². The van der Waals surface area contributed by atoms with Gasteiger partial charge in [-0.25, -0.2) is 0 Å². The second kappa shape index (κ2) is 12.2. The van der Waals surface area contributed by atoms with Crippen molar-refractivity contribution in [3.63, 3.8) is 0 Å². The number of aliphatic imine (C=N–C) groups is 1. The molecule has 0 bridgehead atoms. The minimum Gasteiger partial charge on any atom is -0.356 e. The number of amides is 1. The molecule has 0 aromatic heterocycles. The number of guanidine groups is 1. The Morgan fingerprint density at radius 2 is 1.78 bits per heavy atom. The molecule has 1 heterocycles. The molecule has 1 amide bonds. The number of rotatable bonds is 8. The molecular formula is C21H35IN4O. The highest BCUT2D eigenvalue weighted by molar-refractivity contribution is 14.0. The standard InChI is InChI=1S/C21H34N4O.HI/c1-16(2)11-12-17(3)24-21(22-4)23-13-7-10-20(26)25-14-18-8-5-6-9-19(18)15-25;/h5-6,8-9,16-17H,7,10-15H2,1-4H3,(H2,22,23,24);1H. The van der Waals surface area contributed by atoms with Crippen LogP contribution in [0.3, 0.4) is 0 Å². The average molecular weight is 486 g/mol. The van der Waals surface area contributed by atoms with Gasteiger partial charge in [-0.3, -0.25) is 9.79 Å². The molecule has 0 aliphatic carbocycles. The van der Waals surface area contributed by atoms with Crippen LogP contribution >= 0.6 is 24.0 Å². The molecule has 0 spiro atoms. The number of hydrogen-bond acceptors (Lipinski definition) is 2. The Labute approximate surface area is 181 Å². The molecule has 0 saturated carbocycles. The van der Waals surface area contributed by atoms with Gasteiger partial charge in [-0.05, 0) is 43.2 Å². The van der Waals surface area contributed by atoms with Crippen LogP contribution in [0.4, 0.5) is 0 Å². The van der Waals surface area contributed by atoms with Crippen LogP contribution in [0.1, 0.15) is 57.6 Å². The maximum absolute atomic E-state index is 12.4. The lowest BCUT2D eigenvalue weighted by molar-refractivity contribution is -0.131. The number of nitrogens with one attached hydrogen (secondary N) is 2. The molecule has 1 aromatic carbocycles. The third-order valence-corrected chi connectivity index (χ3v) is 4.84. The summed E-state index contributed by atoms with van der Waals surface area (Å²) < 4.78 is 0. The van der Waals surface area contributed by atoms with Crippen molar-refractivity contribution < 1.29 is 4.79 Å². The first-order valence-corrected chi connectivity index (χ1v) is 9.81. The summed E-state index contributed by atoms with van der Waals surface area (Å²) in [6, 6.07) is 8.70. The van der Waals surface area contributed by atoms with Crippen molar-refractivity contribution in [2.75, 3.05) is 13.6 Å². The van der Waals surface area contributed by atoms with Crippen LogP contribution in [0.2, 0.25) is 0 Å². The number of nitrogens with zero attached hydrogens (tertiary/aromatic N) is 2. The van der Waals surface area contributed by atoms with Crippen molar-refractivity contribution in [3.05, 3.63) is 35.4 Å². The largest absolute Gasteiger partial charge is 0.356 e. The lowest BCUT2D eigenvalue weighted by Gasteiger charge is -2.19. The predicted molar refractivity (Wildman–Crippen MR) is 123 cm³/mol. The molecule has 5 nitrogen and oxygen atoms in total. The number of benzene rings is 1. The number of carbonyl (C=O) groups is 1. The van der Waals surface area contributed by atoms with E-state index in [1.54, 1.807) is 7.05 Å². The molecule has 1 aliphatic rings. The molecule has 2 rings (SSSR count). The van der Waals surface area contributed by atoms with E-state index in [9.17, 15) is 4.79 Å². The first-order valence-electron chi connectivity index (χ1n) is 9.81. The van der Waals surface area contributed by atoms with Gasteiger partial charge in [0, 0.05) is 39.1 Å². The highest BCUT2D eigenvalue weighted by Crippen LogP contribution is 2.22. The van der Waals surface area contributed by atoms with Crippen molar-refractivity contribution in [1.82, 2.24) is 15.5 Å². The number of hydrogen-bond donors (Lipinski definition) is 2. The maximum Gasteiger partial charge on any atom is 0.223 e. The van der Waals surface area contributed by atoms with E-state index in [0.29, 0.717) is 12.5 Å². The van der Waals surface area contributed by atoms with Gasteiger partial charge in [-0.15, -0.1) is 24.0 Å². The van der Waals surface area contributed by atoms with Gasteiger partial charge in [-0.2, -0.15) is 0 Å². The summed E-state index contributed by atoms with van der Waals surface area (Å²) in [5.74, 6) is 1.77. The molecule has 0 saturated heterocycles. The van der Waals surface area contributed by atoms with Crippen LogP contribution in [0.25, 0.3) is 0 Å². The summed E-state index contributed by atoms with van der Waals surface area (Å²) in [7, 11) is 1.79. The first kappa shape index (κ1) is 23.7. The summed E-state index contributed by atoms with van der Waals surface area (Å²) in [6.07, 6.45) is 3.72. The van der Waals surface area contributed by atoms with Gasteiger partial charge in [0.25, 0.3) is 0 Å². The fraction of sp³-hybridized carbons (Fsp3) is 0.619. The van der Waals surface area contributed by atoms with E-state index in [0.717, 1.165) is 44.4 Å². The van der Waals surface area contributed by atoms with E-state index in [1.807, 2.05) is 17.0 Å². The summed E-state index contributed by atoms with van der Waals surface area (Å²) in [4.78, 5) is 18.6. The van der Waals surface area contributed by atoms with E-state index in [1.165, 1.54) is 17.5 Å². The zero-order chi connectivity index (χ0) is 18.9. The zero-order valence-electron chi connectivity index (χ0n) is 17.1. The lowest BCUT2D eigenvalue weighted by Crippen LogP contribution is -2.42. The van der Waals surface area contributed by atoms with Gasteiger partial charge in [0.2, 0.25) is 5.91 Å². The normalized spacial score (nSPS) is 14.6. The number of carbonyl (C=O) groups excluding carboxylic acids is 1. The fourth-order valence-electron chi connectivity index (χ4n) is 3.20. The Bertz CT molecular complexity index is 593. The Kier molecular flexibility index (Phi) is 10.7. The van der Waals surface area contributed by atoms with E-state index in [-0.39, 0.29) is 29.9 Å². The monoisotopic (exact) mass is 486 g/mol. The average Bonchev–Trinajstić information content (AvgIpc) is 3.06. The summed E-state index contributed by atoms with van der Waals surface area (Å²) >= 11 is 0. The van der Waals surface area contributed by atoms with Crippen molar-refractivity contribution in [2.24, 2.45) is 10.9 Å². The molecule has 0 fully saturated rings. The Balaban J connectivity index is 0.00000364. The van der Waals surface area contributed by atoms with Crippen LogP contribution < -0.4 is 10.6 Å². The van der Waals surface area contributed by atoms with Crippen molar-refractivity contribution in [1.29, 1.82) is 0 Å². The molecular weight excluding hydrogens is 451 g/mol. The first-order chi connectivity index (χ1) is 12.5. The van der Waals surface area contributed by atoms with Gasteiger partial charge < -0.3 is 15.5 Å². The predicted octanol–water partition coefficient (Wildman–Crippen LogP) is 3.92. The van der Waals surface area contributed by atoms with Crippen LogP contribution in [-0.2, 0) is 17.9 Å². The fourth-order valence-corrected chi connectivity index (χ4v) is 3.20. The molecule has 0 radical (unpaired) electrons. The summed E-state index contributed by atoms with van der Waals surface area (Å²) in [6.45, 7) is 8.93. The minimum absolute atomic E-state index is 0. The van der Waals surface area contributed by atoms with Crippen LogP contribution in [0.5, 0.6) is 0 Å². The quantitative estimate of drug-likeness (QED) is 0.254. The zero-order valence-corrected chi connectivity index (χ0v) is 19.5. The van der Waals surface area contributed by atoms with E-state index in [2.05, 4.69) is 48.5 Å². The van der Waals surface area contributed by atoms with Crippen molar-refractivity contribution in [3.8, 4) is 0 Å². The molecule has 1 aromatic rings. The molecule has 152 valence electrons. The molecule has 2 N–H and O–H groups in total. The lowest BCUT2D eigenvalue weighted by atomic mass is 10.0. The Morgan fingerprint density at radius 3 is 2.33 bits per heavy atom. The van der Waals surface area contributed by atoms with Crippen LogP contribution in [0, 0.1) is 5.92 Å². The van der Waals surface area contributed by atoms with Crippen LogP contribution in [0.15, 0.2) is 29.3 Å². The van der Waals surface area contributed by atoms with Crippen molar-refractivity contribution >= 4 is 35.8 Å². The summed E-state index contributed by atoms with van der Waals surface area (Å²) in [5, 5.41) is 6.74. The van der Waals surface area contributed by atoms with Gasteiger partial charge >= 0.3 is 0 Å². The number of fused-ring (bicyclic) bond motifs is 1. The van der Waals surface area contributed by atoms with E-state index < -0.39 is 0 Å². The van der Waals surface area contributed by atoms with Gasteiger partial charge in [0.05, 0.1) is 0 Å². The van der Waals surface area contributed by atoms with Gasteiger partial charge in [0.1, 0.15) is 0 Å². The molecule has 1 atom stereocenters. The highest BCUT2D eigenvalue weighted by Gasteiger charge is 2.22. The molecule has 27 heavy (non-hydrogen) atoms.